The molecule has 0 heterocycles. The molecule has 1 N–H and O–H groups in total. The largest absolute Gasteiger partial charge is 0.493 e. The lowest BCUT2D eigenvalue weighted by atomic mass is 10.1. The van der Waals surface area contributed by atoms with Crippen molar-refractivity contribution in [1.29, 1.82) is 0 Å². The van der Waals surface area contributed by atoms with Crippen LogP contribution in [0, 0.1) is 6.92 Å². The van der Waals surface area contributed by atoms with Crippen molar-refractivity contribution in [3.63, 3.8) is 0 Å². The molecule has 2 aromatic carbocycles. The van der Waals surface area contributed by atoms with Gasteiger partial charge in [0.2, 0.25) is 0 Å². The molecular formula is C21H28N2O5S. The fourth-order valence-electron chi connectivity index (χ4n) is 2.67. The first-order chi connectivity index (χ1) is 13.7. The van der Waals surface area contributed by atoms with Crippen molar-refractivity contribution < 1.29 is 22.1 Å². The Hall–Kier alpha value is -2.74. The molecule has 7 nitrogen and oxygen atoms in total. The summed E-state index contributed by atoms with van der Waals surface area (Å²) in [4.78, 5) is 14.5. The van der Waals surface area contributed by atoms with Gasteiger partial charge in [-0.25, -0.2) is 4.79 Å². The average molecular weight is 421 g/mol. The van der Waals surface area contributed by atoms with Crippen LogP contribution in [0.25, 0.3) is 0 Å². The van der Waals surface area contributed by atoms with Crippen molar-refractivity contribution in [2.75, 3.05) is 18.2 Å². The van der Waals surface area contributed by atoms with Crippen molar-refractivity contribution in [2.24, 2.45) is 0 Å². The Labute approximate surface area is 172 Å². The van der Waals surface area contributed by atoms with Crippen LogP contribution in [-0.2, 0) is 16.7 Å². The molecule has 0 unspecified atom stereocenters. The summed E-state index contributed by atoms with van der Waals surface area (Å²) in [6, 6.07) is 12.2. The molecule has 0 saturated heterocycles. The number of hydrogen-bond donors (Lipinski definition) is 1. The zero-order chi connectivity index (χ0) is 21.6. The number of ether oxygens (including phenoxy) is 1. The third-order valence-corrected chi connectivity index (χ3v) is 5.56. The van der Waals surface area contributed by atoms with E-state index in [1.54, 1.807) is 23.1 Å². The van der Waals surface area contributed by atoms with Crippen molar-refractivity contribution in [3.05, 3.63) is 53.6 Å². The van der Waals surface area contributed by atoms with Gasteiger partial charge in [-0.05, 0) is 57.0 Å². The Bertz CT molecular complexity index is 957. The zero-order valence-electron chi connectivity index (χ0n) is 17.4. The first-order valence-corrected chi connectivity index (χ1v) is 11.0. The summed E-state index contributed by atoms with van der Waals surface area (Å²) in [7, 11) is -2.26. The molecule has 2 rings (SSSR count). The Morgan fingerprint density at radius 2 is 1.83 bits per heavy atom. The minimum atomic E-state index is -3.70. The third-order valence-electron chi connectivity index (χ3n) is 4.42. The van der Waals surface area contributed by atoms with E-state index in [2.05, 4.69) is 5.32 Å². The number of nitrogens with zero attached hydrogens (tertiary/aromatic N) is 1. The second kappa shape index (κ2) is 9.65. The summed E-state index contributed by atoms with van der Waals surface area (Å²) in [5.74, 6) is 0.262. The molecule has 0 aromatic heterocycles. The van der Waals surface area contributed by atoms with E-state index in [0.717, 1.165) is 16.8 Å². The van der Waals surface area contributed by atoms with E-state index in [9.17, 15) is 13.2 Å². The van der Waals surface area contributed by atoms with E-state index < -0.39 is 10.1 Å². The van der Waals surface area contributed by atoms with Crippen LogP contribution in [0.15, 0.2) is 42.5 Å². The van der Waals surface area contributed by atoms with Gasteiger partial charge in [0.15, 0.2) is 11.5 Å². The molecule has 0 atom stereocenters. The molecule has 0 bridgehead atoms. The molecule has 0 aliphatic carbocycles. The van der Waals surface area contributed by atoms with Crippen LogP contribution in [0.5, 0.6) is 11.5 Å². The Morgan fingerprint density at radius 1 is 1.14 bits per heavy atom. The van der Waals surface area contributed by atoms with Crippen LogP contribution in [0.4, 0.5) is 10.5 Å². The molecule has 0 aliphatic rings. The van der Waals surface area contributed by atoms with Gasteiger partial charge in [-0.1, -0.05) is 24.3 Å². The second-order valence-corrected chi connectivity index (χ2v) is 8.74. The molecule has 0 radical (unpaired) electrons. The summed E-state index contributed by atoms with van der Waals surface area (Å²) >= 11 is 0. The first-order valence-electron chi connectivity index (χ1n) is 9.39. The molecular weight excluding hydrogens is 392 g/mol. The minimum absolute atomic E-state index is 0.0788. The summed E-state index contributed by atoms with van der Waals surface area (Å²) in [6.45, 7) is 7.54. The number of aryl methyl sites for hydroxylation is 1. The average Bonchev–Trinajstić information content (AvgIpc) is 2.67. The number of hydrogen-bond acceptors (Lipinski definition) is 5. The molecule has 0 fully saturated rings. The predicted molar refractivity (Wildman–Crippen MR) is 114 cm³/mol. The SMILES string of the molecule is CCS(=O)(=O)Oc1cc(CN(C(=O)Nc2ccccc2C)C(C)C)ccc1OC. The van der Waals surface area contributed by atoms with Crippen molar-refractivity contribution in [1.82, 2.24) is 4.90 Å². The quantitative estimate of drug-likeness (QED) is 0.648. The van der Waals surface area contributed by atoms with E-state index in [1.807, 2.05) is 45.0 Å². The zero-order valence-corrected chi connectivity index (χ0v) is 18.2. The number of nitrogens with one attached hydrogen (secondary N) is 1. The Kier molecular flexibility index (Phi) is 7.50. The van der Waals surface area contributed by atoms with Crippen molar-refractivity contribution in [2.45, 2.75) is 40.3 Å². The fraction of sp³-hybridized carbons (Fsp3) is 0.381. The maximum Gasteiger partial charge on any atom is 0.322 e. The Balaban J connectivity index is 2.26. The summed E-state index contributed by atoms with van der Waals surface area (Å²) in [5, 5.41) is 2.93. The van der Waals surface area contributed by atoms with Crippen LogP contribution in [0.2, 0.25) is 0 Å². The number of carbonyl (C=O) groups excluding carboxylic acids is 1. The van der Waals surface area contributed by atoms with Gasteiger partial charge in [0.1, 0.15) is 0 Å². The van der Waals surface area contributed by atoms with Crippen LogP contribution in [-0.4, -0.2) is 38.3 Å². The number of methoxy groups -OCH3 is 1. The van der Waals surface area contributed by atoms with Crippen LogP contribution in [0.1, 0.15) is 31.9 Å². The number of benzene rings is 2. The molecule has 0 spiro atoms. The van der Waals surface area contributed by atoms with Gasteiger partial charge in [0.05, 0.1) is 12.9 Å². The van der Waals surface area contributed by atoms with E-state index in [-0.39, 0.29) is 30.1 Å². The second-order valence-electron chi connectivity index (χ2n) is 6.88. The van der Waals surface area contributed by atoms with Gasteiger partial charge in [-0.2, -0.15) is 8.42 Å². The minimum Gasteiger partial charge on any atom is -0.493 e. The summed E-state index contributed by atoms with van der Waals surface area (Å²) in [6.07, 6.45) is 0. The molecule has 2 aromatic rings. The molecule has 0 saturated carbocycles. The molecule has 158 valence electrons. The standard InChI is InChI=1S/C21H28N2O5S/c1-6-29(25,26)28-20-13-17(11-12-19(20)27-5)14-23(15(2)3)21(24)22-18-10-8-7-9-16(18)4/h7-13,15H,6,14H2,1-5H3,(H,22,24). The van der Waals surface area contributed by atoms with Crippen molar-refractivity contribution in [3.8, 4) is 11.5 Å². The number of urea groups is 1. The number of amides is 2. The summed E-state index contributed by atoms with van der Waals surface area (Å²) in [5.41, 5.74) is 2.44. The number of anilines is 1. The van der Waals surface area contributed by atoms with Gasteiger partial charge in [0, 0.05) is 18.3 Å². The van der Waals surface area contributed by atoms with Gasteiger partial charge >= 0.3 is 16.1 Å². The normalized spacial score (nSPS) is 11.2. The van der Waals surface area contributed by atoms with Gasteiger partial charge in [-0.15, -0.1) is 0 Å². The topological polar surface area (TPSA) is 84.9 Å². The smallest absolute Gasteiger partial charge is 0.322 e. The van der Waals surface area contributed by atoms with Gasteiger partial charge in [0.25, 0.3) is 0 Å². The lowest BCUT2D eigenvalue weighted by Crippen LogP contribution is -2.39. The highest BCUT2D eigenvalue weighted by atomic mass is 32.2. The highest BCUT2D eigenvalue weighted by Gasteiger charge is 2.20. The Morgan fingerprint density at radius 3 is 2.41 bits per heavy atom. The first kappa shape index (κ1) is 22.5. The number of rotatable bonds is 8. The highest BCUT2D eigenvalue weighted by molar-refractivity contribution is 7.87. The summed E-state index contributed by atoms with van der Waals surface area (Å²) < 4.78 is 34.1. The van der Waals surface area contributed by atoms with Crippen LogP contribution < -0.4 is 14.2 Å². The fourth-order valence-corrected chi connectivity index (χ4v) is 3.19. The third kappa shape index (κ3) is 6.12. The molecule has 2 amide bonds. The monoisotopic (exact) mass is 420 g/mol. The molecule has 0 aliphatic heterocycles. The highest BCUT2D eigenvalue weighted by Crippen LogP contribution is 2.30. The maximum atomic E-state index is 12.9. The molecule has 29 heavy (non-hydrogen) atoms. The van der Waals surface area contributed by atoms with E-state index in [0.29, 0.717) is 5.75 Å². The van der Waals surface area contributed by atoms with E-state index >= 15 is 0 Å². The van der Waals surface area contributed by atoms with Gasteiger partial charge < -0.3 is 19.1 Å². The van der Waals surface area contributed by atoms with Gasteiger partial charge in [-0.3, -0.25) is 0 Å². The predicted octanol–water partition coefficient (Wildman–Crippen LogP) is 4.17. The molecule has 8 heteroatoms. The van der Waals surface area contributed by atoms with E-state index in [1.165, 1.54) is 14.0 Å². The lowest BCUT2D eigenvalue weighted by Gasteiger charge is -2.27. The number of para-hydroxylation sites is 1. The van der Waals surface area contributed by atoms with Crippen LogP contribution in [0.3, 0.4) is 0 Å². The van der Waals surface area contributed by atoms with Crippen LogP contribution >= 0.6 is 0 Å². The lowest BCUT2D eigenvalue weighted by molar-refractivity contribution is 0.193. The maximum absolute atomic E-state index is 12.9. The van der Waals surface area contributed by atoms with Crippen molar-refractivity contribution >= 4 is 21.8 Å². The number of carbonyl (C=O) groups is 1. The van der Waals surface area contributed by atoms with E-state index in [4.69, 9.17) is 8.92 Å².